The van der Waals surface area contributed by atoms with Crippen LogP contribution in [0.5, 0.6) is 0 Å². The average molecular weight is 266 g/mol. The molecule has 4 N–H and O–H groups in total. The standard InChI is InChI=1S/C12H11P.H4N2O3/c1-3-7-11(8-4-1)13-12-9-5-2-6-10-12;1-3-5-4-2/h1-10,13H;1-2H2. The number of rotatable bonds is 4. The molecule has 0 radical (unpaired) electrons. The maximum atomic E-state index is 4.21. The van der Waals surface area contributed by atoms with E-state index in [1.54, 1.807) is 0 Å². The highest BCUT2D eigenvalue weighted by Crippen LogP contribution is 2.08. The molecule has 0 unspecified atom stereocenters. The van der Waals surface area contributed by atoms with E-state index in [0.29, 0.717) is 0 Å². The molecule has 0 saturated heterocycles. The minimum Gasteiger partial charge on any atom is -0.180 e. The Labute approximate surface area is 107 Å². The van der Waals surface area contributed by atoms with Crippen LogP contribution in [-0.2, 0) is 15.0 Å². The minimum absolute atomic E-state index is 0.777. The molecule has 6 heteroatoms. The molecule has 0 saturated carbocycles. The van der Waals surface area contributed by atoms with Crippen LogP contribution in [0.15, 0.2) is 60.7 Å². The first kappa shape index (κ1) is 14.7. The Balaban J connectivity index is 0.000000280. The van der Waals surface area contributed by atoms with Crippen LogP contribution in [0, 0.1) is 0 Å². The number of hydrogen-bond acceptors (Lipinski definition) is 5. The van der Waals surface area contributed by atoms with Gasteiger partial charge in [-0.15, -0.1) is 9.98 Å². The molecule has 0 atom stereocenters. The van der Waals surface area contributed by atoms with Gasteiger partial charge in [0.25, 0.3) is 0 Å². The molecular formula is C12H15N2O3P. The highest BCUT2D eigenvalue weighted by molar-refractivity contribution is 7.55. The fraction of sp³-hybridized carbons (Fsp3) is 0. The molecule has 0 aliphatic carbocycles. The van der Waals surface area contributed by atoms with Crippen LogP contribution in [0.3, 0.4) is 0 Å². The molecule has 2 aromatic carbocycles. The molecule has 0 aromatic heterocycles. The Morgan fingerprint density at radius 3 is 1.33 bits per heavy atom. The lowest BCUT2D eigenvalue weighted by molar-refractivity contribution is -0.520. The SMILES string of the molecule is NOOON.c1ccc(Pc2ccccc2)cc1. The van der Waals surface area contributed by atoms with Crippen LogP contribution >= 0.6 is 8.58 Å². The summed E-state index contributed by atoms with van der Waals surface area (Å²) in [7, 11) is 0.777. The van der Waals surface area contributed by atoms with E-state index in [1.165, 1.54) is 10.6 Å². The van der Waals surface area contributed by atoms with Crippen molar-refractivity contribution < 1.29 is 15.0 Å². The van der Waals surface area contributed by atoms with E-state index in [1.807, 2.05) is 0 Å². The summed E-state index contributed by atoms with van der Waals surface area (Å²) in [6.07, 6.45) is 0. The molecule has 0 spiro atoms. The van der Waals surface area contributed by atoms with E-state index >= 15 is 0 Å². The van der Waals surface area contributed by atoms with Crippen LogP contribution in [0.25, 0.3) is 0 Å². The van der Waals surface area contributed by atoms with Crippen molar-refractivity contribution in [1.82, 2.24) is 0 Å². The summed E-state index contributed by atoms with van der Waals surface area (Å²) in [6, 6.07) is 21.2. The largest absolute Gasteiger partial charge is 0.180 e. The van der Waals surface area contributed by atoms with Crippen LogP contribution in [0.2, 0.25) is 0 Å². The summed E-state index contributed by atoms with van der Waals surface area (Å²) >= 11 is 0. The van der Waals surface area contributed by atoms with Gasteiger partial charge in [-0.3, -0.25) is 0 Å². The molecule has 0 aliphatic rings. The van der Waals surface area contributed by atoms with Crippen LogP contribution < -0.4 is 22.4 Å². The van der Waals surface area contributed by atoms with Gasteiger partial charge in [-0.2, -0.15) is 11.8 Å². The topological polar surface area (TPSA) is 79.7 Å². The third-order valence-electron chi connectivity index (χ3n) is 1.91. The molecular weight excluding hydrogens is 251 g/mol. The van der Waals surface area contributed by atoms with Gasteiger partial charge < -0.3 is 0 Å². The van der Waals surface area contributed by atoms with Crippen molar-refractivity contribution in [3.8, 4) is 0 Å². The molecule has 96 valence electrons. The van der Waals surface area contributed by atoms with E-state index in [2.05, 4.69) is 87.5 Å². The van der Waals surface area contributed by atoms with Gasteiger partial charge in [0.05, 0.1) is 0 Å². The summed E-state index contributed by atoms with van der Waals surface area (Å²) in [5.41, 5.74) is 0. The van der Waals surface area contributed by atoms with Gasteiger partial charge >= 0.3 is 0 Å². The zero-order valence-corrected chi connectivity index (χ0v) is 10.7. The number of hydrogen-bond donors (Lipinski definition) is 2. The average Bonchev–Trinajstić information content (AvgIpc) is 2.43. The first-order valence-electron chi connectivity index (χ1n) is 5.13. The van der Waals surface area contributed by atoms with Crippen LogP contribution in [-0.4, -0.2) is 0 Å². The Morgan fingerprint density at radius 2 is 1.06 bits per heavy atom. The van der Waals surface area contributed by atoms with E-state index < -0.39 is 0 Å². The highest BCUT2D eigenvalue weighted by atomic mass is 31.1. The lowest BCUT2D eigenvalue weighted by Crippen LogP contribution is -2.05. The monoisotopic (exact) mass is 266 g/mol. The van der Waals surface area contributed by atoms with Crippen molar-refractivity contribution in [2.24, 2.45) is 11.8 Å². The summed E-state index contributed by atoms with van der Waals surface area (Å²) < 4.78 is 0. The summed E-state index contributed by atoms with van der Waals surface area (Å²) in [4.78, 5) is 6.69. The molecule has 5 nitrogen and oxygen atoms in total. The van der Waals surface area contributed by atoms with Crippen molar-refractivity contribution >= 4 is 19.2 Å². The molecule has 2 aromatic rings. The smallest absolute Gasteiger partial charge is 0.0226 e. The zero-order chi connectivity index (χ0) is 13.1. The lowest BCUT2D eigenvalue weighted by Gasteiger charge is -2.00. The normalized spacial score (nSPS) is 9.44. The molecule has 0 bridgehead atoms. The predicted molar refractivity (Wildman–Crippen MR) is 72.1 cm³/mol. The molecule has 0 heterocycles. The number of nitrogens with two attached hydrogens (primary N) is 2. The summed E-state index contributed by atoms with van der Waals surface area (Å²) in [6.45, 7) is 0. The quantitative estimate of drug-likeness (QED) is 0.489. The fourth-order valence-electron chi connectivity index (χ4n) is 1.23. The van der Waals surface area contributed by atoms with Gasteiger partial charge in [0, 0.05) is 0 Å². The zero-order valence-electron chi connectivity index (χ0n) is 9.65. The highest BCUT2D eigenvalue weighted by Gasteiger charge is 1.92. The minimum atomic E-state index is 0.777. The van der Waals surface area contributed by atoms with Gasteiger partial charge in [0.1, 0.15) is 0 Å². The van der Waals surface area contributed by atoms with Crippen molar-refractivity contribution in [3.63, 3.8) is 0 Å². The van der Waals surface area contributed by atoms with Crippen molar-refractivity contribution in [2.75, 3.05) is 0 Å². The Morgan fingerprint density at radius 1 is 0.667 bits per heavy atom. The van der Waals surface area contributed by atoms with Gasteiger partial charge in [-0.1, -0.05) is 69.2 Å². The second-order valence-electron chi connectivity index (χ2n) is 3.12. The van der Waals surface area contributed by atoms with E-state index in [-0.39, 0.29) is 0 Å². The third kappa shape index (κ3) is 6.42. The molecule has 0 amide bonds. The second kappa shape index (κ2) is 9.67. The first-order chi connectivity index (χ1) is 8.86. The lowest BCUT2D eigenvalue weighted by atomic mass is 10.4. The fourth-order valence-corrected chi connectivity index (χ4v) is 2.28. The van der Waals surface area contributed by atoms with Crippen LogP contribution in [0.1, 0.15) is 0 Å². The van der Waals surface area contributed by atoms with Crippen molar-refractivity contribution in [2.45, 2.75) is 0 Å². The van der Waals surface area contributed by atoms with E-state index in [0.717, 1.165) is 8.58 Å². The Hall–Kier alpha value is -1.33. The summed E-state index contributed by atoms with van der Waals surface area (Å²) in [5.74, 6) is 8.42. The van der Waals surface area contributed by atoms with E-state index in [9.17, 15) is 0 Å². The van der Waals surface area contributed by atoms with Crippen molar-refractivity contribution in [3.05, 3.63) is 60.7 Å². The van der Waals surface area contributed by atoms with E-state index in [4.69, 9.17) is 0 Å². The van der Waals surface area contributed by atoms with Gasteiger partial charge in [0.15, 0.2) is 0 Å². The van der Waals surface area contributed by atoms with Gasteiger partial charge in [-0.25, -0.2) is 0 Å². The van der Waals surface area contributed by atoms with Gasteiger partial charge in [0.2, 0.25) is 0 Å². The van der Waals surface area contributed by atoms with Crippen LogP contribution in [0.4, 0.5) is 0 Å². The maximum Gasteiger partial charge on any atom is -0.0226 e. The maximum absolute atomic E-state index is 4.21. The Bertz CT molecular complexity index is 375. The van der Waals surface area contributed by atoms with Crippen molar-refractivity contribution in [1.29, 1.82) is 0 Å². The predicted octanol–water partition coefficient (Wildman–Crippen LogP) is 0.929. The molecule has 2 rings (SSSR count). The Kier molecular flexibility index (Phi) is 7.92. The number of benzene rings is 2. The molecule has 0 fully saturated rings. The summed E-state index contributed by atoms with van der Waals surface area (Å²) in [5, 5.41) is 6.18. The molecule has 0 aliphatic heterocycles. The van der Waals surface area contributed by atoms with Gasteiger partial charge in [-0.05, 0) is 15.6 Å². The third-order valence-corrected chi connectivity index (χ3v) is 3.16. The first-order valence-corrected chi connectivity index (χ1v) is 6.13. The molecule has 18 heavy (non-hydrogen) atoms. The second-order valence-corrected chi connectivity index (χ2v) is 4.52.